The molecule has 0 saturated carbocycles. The van der Waals surface area contributed by atoms with Crippen LogP contribution in [-0.2, 0) is 15.6 Å². The van der Waals surface area contributed by atoms with E-state index in [0.717, 1.165) is 11.1 Å². The van der Waals surface area contributed by atoms with Gasteiger partial charge in [-0.1, -0.05) is 0 Å². The molecule has 0 aliphatic rings. The molecule has 3 atom stereocenters. The molecule has 1 aromatic carbocycles. The third kappa shape index (κ3) is 5.08. The fraction of sp³-hybridized carbons (Fsp3) is 0.389. The number of nitrogens with one attached hydrogen (secondary N) is 2. The summed E-state index contributed by atoms with van der Waals surface area (Å²) in [7, 11) is -4.88. The van der Waals surface area contributed by atoms with Crippen molar-refractivity contribution in [2.45, 2.75) is 38.7 Å². The Kier molecular flexibility index (Phi) is 6.44. The number of pyridine rings is 1. The molecular formula is C18H23N3O9P+. The maximum atomic E-state index is 12.3. The first-order valence-electron chi connectivity index (χ1n) is 9.22. The van der Waals surface area contributed by atoms with Crippen LogP contribution in [0.1, 0.15) is 11.1 Å². The SMILES string of the molecule is Cc1cc2cc3c(=O)[nH]c(=O)[nH]c3[n+](C[C@H](O)[C@H](O)[C@H](O)COP(=O)(O)O)c2cc1C. The van der Waals surface area contributed by atoms with E-state index >= 15 is 0 Å². The Hall–Kier alpha value is -2.44. The van der Waals surface area contributed by atoms with E-state index in [1.807, 2.05) is 19.9 Å². The number of aryl methyl sites for hydroxylation is 2. The van der Waals surface area contributed by atoms with Crippen LogP contribution in [0.4, 0.5) is 0 Å². The van der Waals surface area contributed by atoms with E-state index in [-0.39, 0.29) is 17.6 Å². The van der Waals surface area contributed by atoms with Crippen LogP contribution in [0.15, 0.2) is 27.8 Å². The highest BCUT2D eigenvalue weighted by molar-refractivity contribution is 7.46. The molecule has 2 aromatic heterocycles. The topological polar surface area (TPSA) is 197 Å². The van der Waals surface area contributed by atoms with Crippen molar-refractivity contribution >= 4 is 29.8 Å². The number of phosphoric acid groups is 1. The molecule has 0 unspecified atom stereocenters. The van der Waals surface area contributed by atoms with Gasteiger partial charge in [-0.05, 0) is 43.2 Å². The van der Waals surface area contributed by atoms with Crippen molar-refractivity contribution in [3.8, 4) is 0 Å². The molecule has 13 heteroatoms. The summed E-state index contributed by atoms with van der Waals surface area (Å²) in [6.07, 6.45) is -5.29. The van der Waals surface area contributed by atoms with Crippen molar-refractivity contribution in [3.05, 3.63) is 50.2 Å². The Morgan fingerprint density at radius 2 is 1.68 bits per heavy atom. The zero-order valence-corrected chi connectivity index (χ0v) is 17.5. The largest absolute Gasteiger partial charge is 0.469 e. The van der Waals surface area contributed by atoms with Crippen molar-refractivity contribution in [2.24, 2.45) is 0 Å². The first-order valence-corrected chi connectivity index (χ1v) is 10.7. The van der Waals surface area contributed by atoms with Gasteiger partial charge in [-0.2, -0.15) is 4.98 Å². The summed E-state index contributed by atoms with van der Waals surface area (Å²) in [5.74, 6) is 0. The molecule has 0 fully saturated rings. The van der Waals surface area contributed by atoms with Gasteiger partial charge in [0.15, 0.2) is 0 Å². The lowest BCUT2D eigenvalue weighted by atomic mass is 10.0. The lowest BCUT2D eigenvalue weighted by Crippen LogP contribution is -2.50. The average molecular weight is 456 g/mol. The van der Waals surface area contributed by atoms with Crippen molar-refractivity contribution in [1.29, 1.82) is 0 Å². The Balaban J connectivity index is 2.08. The number of hydrogen-bond donors (Lipinski definition) is 7. The molecule has 3 rings (SSSR count). The Bertz CT molecular complexity index is 1300. The first-order chi connectivity index (χ1) is 14.4. The van der Waals surface area contributed by atoms with Gasteiger partial charge < -0.3 is 25.1 Å². The van der Waals surface area contributed by atoms with Crippen LogP contribution in [0.2, 0.25) is 0 Å². The van der Waals surface area contributed by atoms with Crippen LogP contribution in [0.25, 0.3) is 21.9 Å². The van der Waals surface area contributed by atoms with Gasteiger partial charge in [-0.3, -0.25) is 14.3 Å². The van der Waals surface area contributed by atoms with Crippen molar-refractivity contribution in [3.63, 3.8) is 0 Å². The summed E-state index contributed by atoms with van der Waals surface area (Å²) in [6, 6.07) is 5.21. The van der Waals surface area contributed by atoms with Crippen LogP contribution < -0.4 is 15.8 Å². The van der Waals surface area contributed by atoms with Crippen LogP contribution in [-0.4, -0.2) is 60.0 Å². The number of H-pyrrole nitrogens is 2. The molecule has 3 aromatic rings. The van der Waals surface area contributed by atoms with Crippen molar-refractivity contribution < 1.29 is 38.8 Å². The number of aromatic nitrogens is 3. The van der Waals surface area contributed by atoms with Gasteiger partial charge in [0.1, 0.15) is 35.8 Å². The zero-order chi connectivity index (χ0) is 23.1. The van der Waals surface area contributed by atoms with E-state index in [1.54, 1.807) is 12.1 Å². The van der Waals surface area contributed by atoms with Crippen molar-refractivity contribution in [2.75, 3.05) is 6.61 Å². The third-order valence-corrected chi connectivity index (χ3v) is 5.52. The lowest BCUT2D eigenvalue weighted by Gasteiger charge is -2.23. The maximum absolute atomic E-state index is 12.3. The highest BCUT2D eigenvalue weighted by Crippen LogP contribution is 2.35. The Morgan fingerprint density at radius 3 is 2.32 bits per heavy atom. The molecule has 0 aliphatic heterocycles. The number of aliphatic hydroxyl groups excluding tert-OH is 3. The van der Waals surface area contributed by atoms with Crippen LogP contribution in [0, 0.1) is 13.8 Å². The number of aliphatic hydroxyl groups is 3. The predicted octanol–water partition coefficient (Wildman–Crippen LogP) is -1.53. The van der Waals surface area contributed by atoms with E-state index in [1.165, 1.54) is 4.57 Å². The minimum absolute atomic E-state index is 0.0942. The van der Waals surface area contributed by atoms with Gasteiger partial charge >= 0.3 is 13.5 Å². The molecule has 0 saturated heterocycles. The van der Waals surface area contributed by atoms with E-state index < -0.39 is 44.0 Å². The smallest absolute Gasteiger partial charge is 0.388 e. The number of phosphoric ester groups is 1. The quantitative estimate of drug-likeness (QED) is 0.125. The molecule has 2 heterocycles. The molecular weight excluding hydrogens is 433 g/mol. The van der Waals surface area contributed by atoms with Crippen LogP contribution in [0.3, 0.4) is 0 Å². The van der Waals surface area contributed by atoms with Gasteiger partial charge in [-0.25, -0.2) is 13.9 Å². The molecule has 0 bridgehead atoms. The van der Waals surface area contributed by atoms with E-state index in [4.69, 9.17) is 9.79 Å². The number of rotatable bonds is 7. The van der Waals surface area contributed by atoms with Gasteiger partial charge in [0.2, 0.25) is 0 Å². The fourth-order valence-corrected chi connectivity index (χ4v) is 3.64. The summed E-state index contributed by atoms with van der Waals surface area (Å²) >= 11 is 0. The molecule has 0 amide bonds. The monoisotopic (exact) mass is 456 g/mol. The zero-order valence-electron chi connectivity index (χ0n) is 16.6. The Labute approximate surface area is 174 Å². The number of benzene rings is 1. The maximum Gasteiger partial charge on any atom is 0.469 e. The van der Waals surface area contributed by atoms with E-state index in [0.29, 0.717) is 10.9 Å². The summed E-state index contributed by atoms with van der Waals surface area (Å²) in [6.45, 7) is 2.47. The highest BCUT2D eigenvalue weighted by Gasteiger charge is 2.30. The minimum atomic E-state index is -4.88. The summed E-state index contributed by atoms with van der Waals surface area (Å²) < 4.78 is 16.4. The highest BCUT2D eigenvalue weighted by atomic mass is 31.2. The summed E-state index contributed by atoms with van der Waals surface area (Å²) in [5.41, 5.74) is 1.08. The second-order valence-electron chi connectivity index (χ2n) is 7.33. The molecule has 0 radical (unpaired) electrons. The fourth-order valence-electron chi connectivity index (χ4n) is 3.29. The van der Waals surface area contributed by atoms with Gasteiger partial charge in [0.25, 0.3) is 11.2 Å². The second kappa shape index (κ2) is 8.60. The second-order valence-corrected chi connectivity index (χ2v) is 8.57. The predicted molar refractivity (Wildman–Crippen MR) is 108 cm³/mol. The average Bonchev–Trinajstić information content (AvgIpc) is 2.67. The molecule has 0 spiro atoms. The lowest BCUT2D eigenvalue weighted by molar-refractivity contribution is -0.656. The summed E-state index contributed by atoms with van der Waals surface area (Å²) in [5, 5.41) is 31.4. The third-order valence-electron chi connectivity index (χ3n) is 5.03. The molecule has 168 valence electrons. The molecule has 0 aliphatic carbocycles. The van der Waals surface area contributed by atoms with Gasteiger partial charge in [0.05, 0.1) is 6.61 Å². The number of aromatic amines is 2. The van der Waals surface area contributed by atoms with E-state index in [2.05, 4.69) is 14.5 Å². The Morgan fingerprint density at radius 1 is 1.03 bits per heavy atom. The first kappa shape index (κ1) is 23.2. The van der Waals surface area contributed by atoms with Gasteiger partial charge in [0, 0.05) is 5.39 Å². The molecule has 7 N–H and O–H groups in total. The number of hydrogen-bond acceptors (Lipinski definition) is 7. The normalized spacial score (nSPS) is 15.3. The van der Waals surface area contributed by atoms with Crippen molar-refractivity contribution in [1.82, 2.24) is 9.97 Å². The standard InChI is InChI=1S/C18H22N3O9P/c1-8-3-10-5-11-16(19-18(26)20-17(11)25)21(12(10)4-9(8)2)6-13(22)15(24)14(23)7-30-31(27,28)29/h3-5,13-15,22-24H,6-7H2,1-2H3,(H3,20,25,26,27,28,29)/p+1/t13-,14+,15-/m0/s1. The number of fused-ring (bicyclic) bond motifs is 2. The van der Waals surface area contributed by atoms with Gasteiger partial charge in [-0.15, -0.1) is 0 Å². The number of nitrogens with zero attached hydrogens (tertiary/aromatic N) is 1. The minimum Gasteiger partial charge on any atom is -0.388 e. The van der Waals surface area contributed by atoms with Crippen LogP contribution >= 0.6 is 7.82 Å². The molecule has 31 heavy (non-hydrogen) atoms. The van der Waals surface area contributed by atoms with Crippen LogP contribution in [0.5, 0.6) is 0 Å². The summed E-state index contributed by atoms with van der Waals surface area (Å²) in [4.78, 5) is 46.3. The van der Waals surface area contributed by atoms with E-state index in [9.17, 15) is 29.5 Å². The molecule has 12 nitrogen and oxygen atoms in total.